The van der Waals surface area contributed by atoms with Gasteiger partial charge in [0.2, 0.25) is 0 Å². The molecule has 1 aromatic heterocycles. The van der Waals surface area contributed by atoms with Crippen LogP contribution in [0.5, 0.6) is 0 Å². The zero-order valence-electron chi connectivity index (χ0n) is 13.7. The second-order valence-corrected chi connectivity index (χ2v) is 5.25. The molecule has 0 saturated heterocycles. The minimum atomic E-state index is -4.32. The molecule has 6 nitrogen and oxygen atoms in total. The smallest absolute Gasteiger partial charge is 0.349 e. The van der Waals surface area contributed by atoms with Crippen molar-refractivity contribution in [2.24, 2.45) is 12.0 Å². The Labute approximate surface area is 138 Å². The van der Waals surface area contributed by atoms with Gasteiger partial charge in [0.15, 0.2) is 5.96 Å². The summed E-state index contributed by atoms with van der Waals surface area (Å²) >= 11 is 0. The van der Waals surface area contributed by atoms with Gasteiger partial charge in [-0.2, -0.15) is 18.3 Å². The minimum Gasteiger partial charge on any atom is -0.349 e. The van der Waals surface area contributed by atoms with E-state index in [0.29, 0.717) is 19.0 Å². The number of alkyl halides is 3. The normalized spacial score (nSPS) is 12.3. The van der Waals surface area contributed by atoms with Gasteiger partial charge in [-0.3, -0.25) is 9.67 Å². The fourth-order valence-electron chi connectivity index (χ4n) is 2.17. The molecule has 0 amide bonds. The van der Waals surface area contributed by atoms with E-state index >= 15 is 0 Å². The van der Waals surface area contributed by atoms with E-state index in [9.17, 15) is 13.2 Å². The lowest BCUT2D eigenvalue weighted by atomic mass is 10.1. The van der Waals surface area contributed by atoms with Crippen molar-refractivity contribution in [1.29, 1.82) is 0 Å². The first-order valence-corrected chi connectivity index (χ1v) is 7.22. The molecule has 24 heavy (non-hydrogen) atoms. The summed E-state index contributed by atoms with van der Waals surface area (Å²) in [5.74, 6) is 1.36. The van der Waals surface area contributed by atoms with Crippen LogP contribution in [0.25, 0.3) is 0 Å². The molecule has 2 rings (SSSR count). The molecule has 0 fully saturated rings. The summed E-state index contributed by atoms with van der Waals surface area (Å²) in [5, 5.41) is 7.12. The van der Waals surface area contributed by atoms with Gasteiger partial charge in [0.25, 0.3) is 0 Å². The van der Waals surface area contributed by atoms with Crippen molar-refractivity contribution in [2.45, 2.75) is 19.3 Å². The van der Waals surface area contributed by atoms with Crippen LogP contribution >= 0.6 is 0 Å². The van der Waals surface area contributed by atoms with E-state index in [-0.39, 0.29) is 0 Å². The number of halogens is 3. The Morgan fingerprint density at radius 2 is 1.96 bits per heavy atom. The first kappa shape index (κ1) is 17.8. The second kappa shape index (κ2) is 7.33. The van der Waals surface area contributed by atoms with Crippen LogP contribution in [0.15, 0.2) is 35.6 Å². The quantitative estimate of drug-likeness (QED) is 0.684. The lowest BCUT2D eigenvalue weighted by Crippen LogP contribution is -2.38. The first-order chi connectivity index (χ1) is 11.3. The van der Waals surface area contributed by atoms with Crippen molar-refractivity contribution in [3.63, 3.8) is 0 Å². The van der Waals surface area contributed by atoms with E-state index in [2.05, 4.69) is 20.4 Å². The number of rotatable bonds is 4. The molecule has 0 radical (unpaired) electrons. The Morgan fingerprint density at radius 3 is 2.46 bits per heavy atom. The van der Waals surface area contributed by atoms with Crippen molar-refractivity contribution in [3.05, 3.63) is 47.5 Å². The summed E-state index contributed by atoms with van der Waals surface area (Å²) in [6, 6.07) is 5.10. The van der Waals surface area contributed by atoms with Gasteiger partial charge in [-0.1, -0.05) is 12.1 Å². The highest BCUT2D eigenvalue weighted by molar-refractivity contribution is 5.79. The van der Waals surface area contributed by atoms with Crippen LogP contribution in [0.1, 0.15) is 17.0 Å². The third kappa shape index (κ3) is 4.46. The van der Waals surface area contributed by atoms with Crippen molar-refractivity contribution in [2.75, 3.05) is 14.1 Å². The van der Waals surface area contributed by atoms with Crippen LogP contribution < -0.4 is 5.32 Å². The Bertz CT molecular complexity index is 690. The van der Waals surface area contributed by atoms with Gasteiger partial charge in [-0.15, -0.1) is 0 Å². The van der Waals surface area contributed by atoms with Gasteiger partial charge in [0.1, 0.15) is 12.2 Å². The largest absolute Gasteiger partial charge is 0.416 e. The molecular weight excluding hydrogens is 321 g/mol. The number of aromatic nitrogens is 3. The van der Waals surface area contributed by atoms with Crippen LogP contribution in [0.4, 0.5) is 13.2 Å². The maximum absolute atomic E-state index is 12.6. The number of hydrogen-bond acceptors (Lipinski definition) is 3. The third-order valence-corrected chi connectivity index (χ3v) is 3.48. The zero-order valence-corrected chi connectivity index (χ0v) is 13.7. The van der Waals surface area contributed by atoms with Crippen molar-refractivity contribution >= 4 is 5.96 Å². The predicted molar refractivity (Wildman–Crippen MR) is 84.1 cm³/mol. The van der Waals surface area contributed by atoms with Gasteiger partial charge in [-0.25, -0.2) is 4.98 Å². The first-order valence-electron chi connectivity index (χ1n) is 7.22. The molecule has 0 aliphatic rings. The average molecular weight is 340 g/mol. The second-order valence-electron chi connectivity index (χ2n) is 5.25. The summed E-state index contributed by atoms with van der Waals surface area (Å²) in [5.41, 5.74) is 0.103. The number of guanidine groups is 1. The van der Waals surface area contributed by atoms with Crippen molar-refractivity contribution in [1.82, 2.24) is 25.0 Å². The Balaban J connectivity index is 1.96. The number of nitrogens with one attached hydrogen (secondary N) is 1. The standard InChI is InChI=1S/C15H19F3N6/c1-19-14(20-8-13-21-10-22-24(13)3)23(2)9-11-4-6-12(7-5-11)15(16,17)18/h4-7,10H,8-9H2,1-3H3,(H,19,20). The lowest BCUT2D eigenvalue weighted by Gasteiger charge is -2.22. The Hall–Kier alpha value is -2.58. The molecule has 130 valence electrons. The van der Waals surface area contributed by atoms with Crippen molar-refractivity contribution in [3.8, 4) is 0 Å². The van der Waals surface area contributed by atoms with Gasteiger partial charge >= 0.3 is 6.18 Å². The zero-order chi connectivity index (χ0) is 17.7. The average Bonchev–Trinajstić information content (AvgIpc) is 2.93. The minimum absolute atomic E-state index is 0.427. The van der Waals surface area contributed by atoms with Gasteiger partial charge in [0, 0.05) is 27.7 Å². The molecule has 0 aliphatic heterocycles. The molecule has 1 N–H and O–H groups in total. The highest BCUT2D eigenvalue weighted by Crippen LogP contribution is 2.29. The highest BCUT2D eigenvalue weighted by atomic mass is 19.4. The fraction of sp³-hybridized carbons (Fsp3) is 0.400. The molecule has 1 heterocycles. The molecule has 2 aromatic rings. The summed E-state index contributed by atoms with van der Waals surface area (Å²) in [4.78, 5) is 10.1. The van der Waals surface area contributed by atoms with E-state index in [0.717, 1.165) is 23.5 Å². The molecule has 0 unspecified atom stereocenters. The summed E-state index contributed by atoms with van der Waals surface area (Å²) in [7, 11) is 5.24. The number of benzene rings is 1. The van der Waals surface area contributed by atoms with Crippen LogP contribution in [0, 0.1) is 0 Å². The Kier molecular flexibility index (Phi) is 5.42. The number of hydrogen-bond donors (Lipinski definition) is 1. The summed E-state index contributed by atoms with van der Waals surface area (Å²) in [6.07, 6.45) is -2.86. The van der Waals surface area contributed by atoms with Gasteiger partial charge < -0.3 is 10.2 Å². The van der Waals surface area contributed by atoms with Crippen LogP contribution in [0.3, 0.4) is 0 Å². The molecule has 0 bridgehead atoms. The Morgan fingerprint density at radius 1 is 1.29 bits per heavy atom. The summed E-state index contributed by atoms with van der Waals surface area (Å²) in [6.45, 7) is 0.872. The highest BCUT2D eigenvalue weighted by Gasteiger charge is 2.29. The van der Waals surface area contributed by atoms with Crippen LogP contribution in [-0.4, -0.2) is 39.7 Å². The van der Waals surface area contributed by atoms with E-state index < -0.39 is 11.7 Å². The monoisotopic (exact) mass is 340 g/mol. The van der Waals surface area contributed by atoms with Crippen LogP contribution in [-0.2, 0) is 26.3 Å². The van der Waals surface area contributed by atoms with Gasteiger partial charge in [0.05, 0.1) is 12.1 Å². The maximum atomic E-state index is 12.6. The predicted octanol–water partition coefficient (Wildman–Crippen LogP) is 2.04. The fourth-order valence-corrected chi connectivity index (χ4v) is 2.17. The molecule has 0 spiro atoms. The molecule has 1 aromatic carbocycles. The molecule has 0 saturated carbocycles. The SMILES string of the molecule is CN=C(NCc1ncnn1C)N(C)Cc1ccc(C(F)(F)F)cc1. The van der Waals surface area contributed by atoms with Crippen LogP contribution in [0.2, 0.25) is 0 Å². The third-order valence-electron chi connectivity index (χ3n) is 3.48. The number of aryl methyl sites for hydroxylation is 1. The van der Waals surface area contributed by atoms with E-state index in [1.165, 1.54) is 18.5 Å². The lowest BCUT2D eigenvalue weighted by molar-refractivity contribution is -0.137. The molecule has 9 heteroatoms. The number of aliphatic imine (C=N–C) groups is 1. The van der Waals surface area contributed by atoms with E-state index in [1.54, 1.807) is 18.8 Å². The van der Waals surface area contributed by atoms with E-state index in [1.807, 2.05) is 11.9 Å². The summed E-state index contributed by atoms with van der Waals surface area (Å²) < 4.78 is 39.4. The number of nitrogens with zero attached hydrogens (tertiary/aromatic N) is 5. The topological polar surface area (TPSA) is 58.3 Å². The van der Waals surface area contributed by atoms with Crippen molar-refractivity contribution < 1.29 is 13.2 Å². The molecule has 0 atom stereocenters. The maximum Gasteiger partial charge on any atom is 0.416 e. The van der Waals surface area contributed by atoms with Gasteiger partial charge in [-0.05, 0) is 17.7 Å². The molecule has 0 aliphatic carbocycles. The van der Waals surface area contributed by atoms with E-state index in [4.69, 9.17) is 0 Å². The molecular formula is C15H19F3N6.